The topological polar surface area (TPSA) is 0 Å². The summed E-state index contributed by atoms with van der Waals surface area (Å²) >= 11 is 15.8. The van der Waals surface area contributed by atoms with Crippen LogP contribution in [0.15, 0.2) is 27.8 Å². The van der Waals surface area contributed by atoms with Gasteiger partial charge in [0.15, 0.2) is 0 Å². The van der Waals surface area contributed by atoms with E-state index in [1.165, 1.54) is 16.9 Å². The van der Waals surface area contributed by atoms with Gasteiger partial charge in [0, 0.05) is 0 Å². The van der Waals surface area contributed by atoms with Crippen LogP contribution < -0.4 is 0 Å². The summed E-state index contributed by atoms with van der Waals surface area (Å²) < 4.78 is 7.36. The number of fused-ring (bicyclic) bond motifs is 1. The van der Waals surface area contributed by atoms with Crippen molar-refractivity contribution in [1.82, 2.24) is 0 Å². The Morgan fingerprint density at radius 3 is 1.61 bits per heavy atom. The predicted molar refractivity (Wildman–Crippen MR) is 103 cm³/mol. The van der Waals surface area contributed by atoms with Crippen LogP contribution in [-0.2, 0) is 0 Å². The Labute approximate surface area is 142 Å². The highest BCUT2D eigenvalue weighted by Gasteiger charge is 2.38. The first kappa shape index (κ1) is 14.9. The Bertz CT molecular complexity index is 381. The minimum atomic E-state index is 0.664. The van der Waals surface area contributed by atoms with Gasteiger partial charge in [-0.05, 0) is 23.3 Å². The van der Waals surface area contributed by atoms with Crippen molar-refractivity contribution in [2.24, 2.45) is 0 Å². The summed E-state index contributed by atoms with van der Waals surface area (Å²) in [5.41, 5.74) is 0. The van der Waals surface area contributed by atoms with Crippen LogP contribution >= 0.6 is 94.1 Å². The molecule has 0 bridgehead atoms. The van der Waals surface area contributed by atoms with Gasteiger partial charge in [-0.3, -0.25) is 0 Å². The van der Waals surface area contributed by atoms with Crippen LogP contribution in [0.4, 0.5) is 0 Å². The number of hydrogen-bond donors (Lipinski definition) is 0. The summed E-state index contributed by atoms with van der Waals surface area (Å²) in [5, 5.41) is 4.41. The van der Waals surface area contributed by atoms with Crippen LogP contribution in [-0.4, -0.2) is 21.7 Å². The largest absolute Gasteiger partial charge is 0.121 e. The maximum absolute atomic E-state index is 2.21. The average molecular weight is 387 g/mol. The molecule has 0 saturated carbocycles. The predicted octanol–water partition coefficient (Wildman–Crippen LogP) is 6.53. The van der Waals surface area contributed by atoms with Crippen molar-refractivity contribution in [1.29, 1.82) is 0 Å². The van der Waals surface area contributed by atoms with Gasteiger partial charge in [-0.1, -0.05) is 23.5 Å². The third-order valence-corrected chi connectivity index (χ3v) is 14.2. The summed E-state index contributed by atoms with van der Waals surface area (Å²) in [7, 11) is 0. The van der Waals surface area contributed by atoms with E-state index in [1.54, 1.807) is 0 Å². The lowest BCUT2D eigenvalue weighted by atomic mass is 10.9. The summed E-state index contributed by atoms with van der Waals surface area (Å²) in [5.74, 6) is 0. The molecule has 0 aliphatic carbocycles. The highest BCUT2D eigenvalue weighted by atomic mass is 32.3. The van der Waals surface area contributed by atoms with Crippen LogP contribution in [0.2, 0.25) is 0 Å². The lowest BCUT2D eigenvalue weighted by molar-refractivity contribution is 1.36. The minimum Gasteiger partial charge on any atom is -0.121 e. The molecule has 0 fully saturated rings. The number of rotatable bonds is 2. The van der Waals surface area contributed by atoms with Crippen molar-refractivity contribution in [2.75, 3.05) is 12.5 Å². The zero-order valence-corrected chi connectivity index (χ0v) is 16.1. The third-order valence-electron chi connectivity index (χ3n) is 2.22. The number of thioether (sulfide) groups is 8. The van der Waals surface area contributed by atoms with Crippen molar-refractivity contribution >= 4 is 94.1 Å². The standard InChI is InChI=1S/C10H10S8/c1-11-5-6(12-2)16-10-9(15-5)17-7-8(18-10)14-4-3-13-7/h3-4,9-10H,1-2H3. The fourth-order valence-electron chi connectivity index (χ4n) is 1.48. The van der Waals surface area contributed by atoms with Crippen molar-refractivity contribution in [2.45, 2.75) is 9.16 Å². The molecular weight excluding hydrogens is 377 g/mol. The molecule has 3 aliphatic rings. The fourth-order valence-corrected chi connectivity index (χ4v) is 13.5. The number of hydrogen-bond acceptors (Lipinski definition) is 8. The van der Waals surface area contributed by atoms with Crippen molar-refractivity contribution in [3.63, 3.8) is 0 Å². The van der Waals surface area contributed by atoms with Crippen LogP contribution in [0, 0.1) is 0 Å². The molecular formula is C10H10S8. The zero-order valence-electron chi connectivity index (χ0n) is 9.58. The molecule has 0 spiro atoms. The molecule has 0 radical (unpaired) electrons. The molecule has 0 amide bonds. The van der Waals surface area contributed by atoms with Gasteiger partial charge in [-0.2, -0.15) is 0 Å². The molecule has 3 heterocycles. The van der Waals surface area contributed by atoms with Crippen LogP contribution in [0.5, 0.6) is 0 Å². The summed E-state index contributed by atoms with van der Waals surface area (Å²) in [6.07, 6.45) is 4.39. The van der Waals surface area contributed by atoms with Gasteiger partial charge < -0.3 is 0 Å². The second-order valence-corrected chi connectivity index (χ2v) is 13.0. The van der Waals surface area contributed by atoms with Crippen molar-refractivity contribution in [3.8, 4) is 0 Å². The Hall–Kier alpha value is 2.02. The molecule has 98 valence electrons. The second-order valence-electron chi connectivity index (χ2n) is 3.27. The summed E-state index contributed by atoms with van der Waals surface area (Å²) in [4.78, 5) is 0. The SMILES string of the molecule is CSC1=C(SC)SC2SC3=C(SC=CS3)SC2S1. The molecule has 0 aromatic carbocycles. The van der Waals surface area contributed by atoms with Crippen LogP contribution in [0.1, 0.15) is 0 Å². The van der Waals surface area contributed by atoms with E-state index in [9.17, 15) is 0 Å². The maximum Gasteiger partial charge on any atom is 0.0825 e. The van der Waals surface area contributed by atoms with Crippen molar-refractivity contribution < 1.29 is 0 Å². The van der Waals surface area contributed by atoms with E-state index in [0.29, 0.717) is 9.16 Å². The van der Waals surface area contributed by atoms with Gasteiger partial charge in [0.25, 0.3) is 0 Å². The van der Waals surface area contributed by atoms with E-state index < -0.39 is 0 Å². The van der Waals surface area contributed by atoms with E-state index in [1.807, 2.05) is 47.0 Å². The molecule has 8 heteroatoms. The Balaban J connectivity index is 1.79. The van der Waals surface area contributed by atoms with Gasteiger partial charge in [0.05, 0.1) is 26.1 Å². The lowest BCUT2D eigenvalue weighted by Crippen LogP contribution is -2.20. The van der Waals surface area contributed by atoms with E-state index in [4.69, 9.17) is 0 Å². The Kier molecular flexibility index (Phi) is 5.69. The Morgan fingerprint density at radius 2 is 1.22 bits per heavy atom. The molecule has 0 N–H and O–H groups in total. The van der Waals surface area contributed by atoms with Gasteiger partial charge >= 0.3 is 0 Å². The highest BCUT2D eigenvalue weighted by Crippen LogP contribution is 2.65. The molecule has 3 rings (SSSR count). The highest BCUT2D eigenvalue weighted by molar-refractivity contribution is 8.42. The summed E-state index contributed by atoms with van der Waals surface area (Å²) in [6.45, 7) is 0. The second kappa shape index (κ2) is 6.85. The first-order valence-corrected chi connectivity index (χ1v) is 12.8. The van der Waals surface area contributed by atoms with Crippen LogP contribution in [0.25, 0.3) is 0 Å². The minimum absolute atomic E-state index is 0.664. The first-order valence-electron chi connectivity index (χ1n) is 5.03. The molecule has 0 nitrogen and oxygen atoms in total. The molecule has 18 heavy (non-hydrogen) atoms. The van der Waals surface area contributed by atoms with E-state index in [0.717, 1.165) is 0 Å². The average Bonchev–Trinajstić information content (AvgIpc) is 2.43. The monoisotopic (exact) mass is 386 g/mol. The maximum atomic E-state index is 2.21. The smallest absolute Gasteiger partial charge is 0.0825 e. The van der Waals surface area contributed by atoms with E-state index in [-0.39, 0.29) is 0 Å². The lowest BCUT2D eigenvalue weighted by Gasteiger charge is -2.36. The van der Waals surface area contributed by atoms with E-state index >= 15 is 0 Å². The zero-order chi connectivity index (χ0) is 12.5. The molecule has 3 aliphatic heterocycles. The fraction of sp³-hybridized carbons (Fsp3) is 0.400. The van der Waals surface area contributed by atoms with Crippen molar-refractivity contribution in [3.05, 3.63) is 27.8 Å². The van der Waals surface area contributed by atoms with Gasteiger partial charge in [-0.15, -0.1) is 70.6 Å². The molecule has 0 saturated heterocycles. The van der Waals surface area contributed by atoms with Crippen LogP contribution in [0.3, 0.4) is 0 Å². The van der Waals surface area contributed by atoms with E-state index in [2.05, 4.69) is 70.4 Å². The third kappa shape index (κ3) is 3.10. The quantitative estimate of drug-likeness (QED) is 0.518. The normalized spacial score (nSPS) is 31.4. The first-order chi connectivity index (χ1) is 8.81. The summed E-state index contributed by atoms with van der Waals surface area (Å²) in [6, 6.07) is 0. The molecule has 0 aromatic rings. The molecule has 0 aromatic heterocycles. The van der Waals surface area contributed by atoms with Gasteiger partial charge in [0.1, 0.15) is 0 Å². The Morgan fingerprint density at radius 1 is 0.778 bits per heavy atom. The molecule has 2 atom stereocenters. The van der Waals surface area contributed by atoms with Gasteiger partial charge in [0.2, 0.25) is 0 Å². The molecule has 2 unspecified atom stereocenters. The van der Waals surface area contributed by atoms with Gasteiger partial charge in [-0.25, -0.2) is 0 Å².